The first-order valence-electron chi connectivity index (χ1n) is 7.30. The molecular weight excluding hydrogens is 295 g/mol. The van der Waals surface area contributed by atoms with Crippen LogP contribution in [0.1, 0.15) is 39.5 Å². The van der Waals surface area contributed by atoms with Crippen LogP contribution in [0.25, 0.3) is 0 Å². The number of nitro groups is 1. The number of nitrogens with zero attached hydrogens (tertiary/aromatic N) is 1. The second-order valence-corrected chi connectivity index (χ2v) is 6.39. The van der Waals surface area contributed by atoms with Gasteiger partial charge in [0.2, 0.25) is 0 Å². The van der Waals surface area contributed by atoms with E-state index in [2.05, 4.69) is 19.2 Å². The minimum Gasteiger partial charge on any atom is -0.376 e. The number of nitrogens with one attached hydrogen (secondary N) is 1. The lowest BCUT2D eigenvalue weighted by atomic mass is 9.77. The molecule has 0 spiro atoms. The van der Waals surface area contributed by atoms with Gasteiger partial charge in [-0.15, -0.1) is 0 Å². The fraction of sp³-hybridized carbons (Fsp3) is 0.600. The number of hydrogen-bond donors (Lipinski definition) is 1. The van der Waals surface area contributed by atoms with Gasteiger partial charge >= 0.3 is 0 Å². The molecule has 6 heteroatoms. The van der Waals surface area contributed by atoms with E-state index in [1.165, 1.54) is 6.42 Å². The van der Waals surface area contributed by atoms with E-state index in [-0.39, 0.29) is 22.4 Å². The summed E-state index contributed by atoms with van der Waals surface area (Å²) in [6, 6.07) is 2.34. The summed E-state index contributed by atoms with van der Waals surface area (Å²) in [5.74, 6) is 0.290. The molecule has 21 heavy (non-hydrogen) atoms. The van der Waals surface area contributed by atoms with Crippen molar-refractivity contribution >= 4 is 23.0 Å². The molecule has 0 radical (unpaired) electrons. The maximum atomic E-state index is 13.6. The highest BCUT2D eigenvalue weighted by atomic mass is 35.5. The van der Waals surface area contributed by atoms with Crippen molar-refractivity contribution < 1.29 is 9.31 Å². The SMILES string of the molecule is CC(C)C1CCCCC1Nc1cc(F)c(Cl)cc1[N+](=O)[O-]. The van der Waals surface area contributed by atoms with Crippen molar-refractivity contribution in [1.29, 1.82) is 0 Å². The molecule has 116 valence electrons. The summed E-state index contributed by atoms with van der Waals surface area (Å²) in [4.78, 5) is 10.6. The number of nitro benzene ring substituents is 1. The highest BCUT2D eigenvalue weighted by molar-refractivity contribution is 6.31. The monoisotopic (exact) mass is 314 g/mol. The Labute approximate surface area is 128 Å². The second kappa shape index (κ2) is 6.60. The standard InChI is InChI=1S/C15H20ClFN2O2/c1-9(2)10-5-3-4-6-13(10)18-14-8-12(17)11(16)7-15(14)19(20)21/h7-10,13,18H,3-6H2,1-2H3. The van der Waals surface area contributed by atoms with Gasteiger partial charge in [-0.05, 0) is 24.7 Å². The first kappa shape index (κ1) is 16.0. The molecule has 0 aromatic heterocycles. The summed E-state index contributed by atoms with van der Waals surface area (Å²) in [6.45, 7) is 4.31. The third kappa shape index (κ3) is 3.64. The van der Waals surface area contributed by atoms with E-state index in [0.29, 0.717) is 11.8 Å². The minimum atomic E-state index is -0.637. The molecule has 1 N–H and O–H groups in total. The van der Waals surface area contributed by atoms with Gasteiger partial charge in [-0.3, -0.25) is 10.1 Å². The second-order valence-electron chi connectivity index (χ2n) is 5.98. The van der Waals surface area contributed by atoms with Crippen LogP contribution < -0.4 is 5.32 Å². The van der Waals surface area contributed by atoms with Crippen LogP contribution in [0, 0.1) is 27.8 Å². The summed E-state index contributed by atoms with van der Waals surface area (Å²) in [7, 11) is 0. The van der Waals surface area contributed by atoms with Crippen molar-refractivity contribution in [3.05, 3.63) is 33.1 Å². The first-order chi connectivity index (χ1) is 9.90. The van der Waals surface area contributed by atoms with E-state index in [9.17, 15) is 14.5 Å². The Morgan fingerprint density at radius 1 is 1.38 bits per heavy atom. The fourth-order valence-corrected chi connectivity index (χ4v) is 3.30. The lowest BCUT2D eigenvalue weighted by Crippen LogP contribution is -2.35. The molecule has 1 saturated carbocycles. The Kier molecular flexibility index (Phi) is 5.04. The highest BCUT2D eigenvalue weighted by Gasteiger charge is 2.29. The molecule has 1 aliphatic carbocycles. The predicted octanol–water partition coefficient (Wildman–Crippen LogP) is 5.01. The van der Waals surface area contributed by atoms with Gasteiger partial charge in [-0.25, -0.2) is 4.39 Å². The molecule has 0 heterocycles. The zero-order valence-electron chi connectivity index (χ0n) is 12.2. The molecule has 2 rings (SSSR count). The molecule has 0 bridgehead atoms. The number of hydrogen-bond acceptors (Lipinski definition) is 3. The normalized spacial score (nSPS) is 22.3. The van der Waals surface area contributed by atoms with E-state index in [4.69, 9.17) is 11.6 Å². The summed E-state index contributed by atoms with van der Waals surface area (Å²) in [5, 5.41) is 14.1. The smallest absolute Gasteiger partial charge is 0.294 e. The fourth-order valence-electron chi connectivity index (χ4n) is 3.14. The van der Waals surface area contributed by atoms with Crippen LogP contribution in [-0.2, 0) is 0 Å². The Balaban J connectivity index is 2.29. The van der Waals surface area contributed by atoms with Crippen LogP contribution in [-0.4, -0.2) is 11.0 Å². The molecule has 0 amide bonds. The zero-order valence-corrected chi connectivity index (χ0v) is 13.0. The molecule has 0 saturated heterocycles. The van der Waals surface area contributed by atoms with Gasteiger partial charge in [0, 0.05) is 18.2 Å². The lowest BCUT2D eigenvalue weighted by Gasteiger charge is -2.35. The van der Waals surface area contributed by atoms with Gasteiger partial charge in [-0.2, -0.15) is 0 Å². The van der Waals surface area contributed by atoms with E-state index in [0.717, 1.165) is 31.4 Å². The van der Waals surface area contributed by atoms with Gasteiger partial charge in [-0.1, -0.05) is 38.3 Å². The third-order valence-electron chi connectivity index (χ3n) is 4.25. The average molecular weight is 315 g/mol. The Morgan fingerprint density at radius 3 is 2.67 bits per heavy atom. The number of anilines is 1. The number of halogens is 2. The Morgan fingerprint density at radius 2 is 2.05 bits per heavy atom. The van der Waals surface area contributed by atoms with E-state index in [1.54, 1.807) is 0 Å². The van der Waals surface area contributed by atoms with E-state index >= 15 is 0 Å². The van der Waals surface area contributed by atoms with Crippen molar-refractivity contribution in [3.63, 3.8) is 0 Å². The van der Waals surface area contributed by atoms with Crippen molar-refractivity contribution in [3.8, 4) is 0 Å². The van der Waals surface area contributed by atoms with Gasteiger partial charge < -0.3 is 5.32 Å². The lowest BCUT2D eigenvalue weighted by molar-refractivity contribution is -0.384. The average Bonchev–Trinajstić information content (AvgIpc) is 2.42. The van der Waals surface area contributed by atoms with Gasteiger partial charge in [0.15, 0.2) is 0 Å². The van der Waals surface area contributed by atoms with Crippen LogP contribution >= 0.6 is 11.6 Å². The zero-order chi connectivity index (χ0) is 15.6. The largest absolute Gasteiger partial charge is 0.376 e. The summed E-state index contributed by atoms with van der Waals surface area (Å²) < 4.78 is 13.6. The maximum Gasteiger partial charge on any atom is 0.294 e. The molecule has 1 aliphatic rings. The molecular formula is C15H20ClFN2O2. The predicted molar refractivity (Wildman–Crippen MR) is 82.3 cm³/mol. The quantitative estimate of drug-likeness (QED) is 0.627. The number of benzene rings is 1. The molecule has 0 aliphatic heterocycles. The maximum absolute atomic E-state index is 13.6. The van der Waals surface area contributed by atoms with Gasteiger partial charge in [0.05, 0.1) is 9.95 Å². The van der Waals surface area contributed by atoms with Crippen LogP contribution in [0.5, 0.6) is 0 Å². The van der Waals surface area contributed by atoms with Crippen LogP contribution in [0.15, 0.2) is 12.1 Å². The highest BCUT2D eigenvalue weighted by Crippen LogP contribution is 2.36. The van der Waals surface area contributed by atoms with Crippen LogP contribution in [0.4, 0.5) is 15.8 Å². The summed E-state index contributed by atoms with van der Waals surface area (Å²) in [5.41, 5.74) is 0.0499. The van der Waals surface area contributed by atoms with Crippen LogP contribution in [0.2, 0.25) is 5.02 Å². The molecule has 1 fully saturated rings. The van der Waals surface area contributed by atoms with Crippen molar-refractivity contribution in [2.45, 2.75) is 45.6 Å². The van der Waals surface area contributed by atoms with Crippen molar-refractivity contribution in [2.75, 3.05) is 5.32 Å². The topological polar surface area (TPSA) is 55.2 Å². The molecule has 1 aromatic carbocycles. The van der Waals surface area contributed by atoms with Gasteiger partial charge in [0.25, 0.3) is 5.69 Å². The van der Waals surface area contributed by atoms with Gasteiger partial charge in [0.1, 0.15) is 11.5 Å². The summed E-state index contributed by atoms with van der Waals surface area (Å²) in [6.07, 6.45) is 4.31. The minimum absolute atomic E-state index is 0.137. The number of rotatable bonds is 4. The van der Waals surface area contributed by atoms with Crippen LogP contribution in [0.3, 0.4) is 0 Å². The molecule has 2 atom stereocenters. The van der Waals surface area contributed by atoms with E-state index in [1.807, 2.05) is 0 Å². The Bertz CT molecular complexity index is 537. The molecule has 2 unspecified atom stereocenters. The van der Waals surface area contributed by atoms with Crippen molar-refractivity contribution in [1.82, 2.24) is 0 Å². The van der Waals surface area contributed by atoms with E-state index < -0.39 is 10.7 Å². The molecule has 1 aromatic rings. The molecule has 4 nitrogen and oxygen atoms in total. The summed E-state index contributed by atoms with van der Waals surface area (Å²) >= 11 is 5.64. The third-order valence-corrected chi connectivity index (χ3v) is 4.54. The first-order valence-corrected chi connectivity index (χ1v) is 7.68. The van der Waals surface area contributed by atoms with Crippen molar-refractivity contribution in [2.24, 2.45) is 11.8 Å². The Hall–Kier alpha value is -1.36.